The lowest BCUT2D eigenvalue weighted by molar-refractivity contribution is -0.174. The third kappa shape index (κ3) is 4.34. The minimum atomic E-state index is -4.84. The van der Waals surface area contributed by atoms with Crippen LogP contribution in [-0.4, -0.2) is 18.1 Å². The molecule has 0 saturated heterocycles. The first-order valence-electron chi connectivity index (χ1n) is 5.01. The molecule has 0 aliphatic rings. The van der Waals surface area contributed by atoms with Crippen molar-refractivity contribution in [3.05, 3.63) is 29.8 Å². The second-order valence-electron chi connectivity index (χ2n) is 3.82. The molecule has 0 bridgehead atoms. The monoisotopic (exact) mass is 246 g/mol. The molecule has 0 aliphatic carbocycles. The molecule has 1 aromatic rings. The summed E-state index contributed by atoms with van der Waals surface area (Å²) in [5.41, 5.74) is 6.85. The highest BCUT2D eigenvalue weighted by molar-refractivity contribution is 5.81. The zero-order valence-corrected chi connectivity index (χ0v) is 9.21. The predicted octanol–water partition coefficient (Wildman–Crippen LogP) is 1.88. The number of benzene rings is 1. The number of nitrogen functional groups attached to an aromatic ring is 1. The molecule has 0 fully saturated rings. The summed E-state index contributed by atoms with van der Waals surface area (Å²) in [4.78, 5) is 10.7. The van der Waals surface area contributed by atoms with Gasteiger partial charge in [-0.05, 0) is 31.0 Å². The summed E-state index contributed by atoms with van der Waals surface area (Å²) in [7, 11) is 0. The number of amides is 1. The summed E-state index contributed by atoms with van der Waals surface area (Å²) in [6, 6.07) is 6.19. The first-order valence-corrected chi connectivity index (χ1v) is 5.01. The van der Waals surface area contributed by atoms with E-state index in [9.17, 15) is 18.0 Å². The predicted molar refractivity (Wildman–Crippen MR) is 58.2 cm³/mol. The molecule has 1 aromatic carbocycles. The van der Waals surface area contributed by atoms with Crippen LogP contribution in [0.15, 0.2) is 24.3 Å². The molecule has 0 unspecified atom stereocenters. The maximum Gasteiger partial charge on any atom is 0.471 e. The molecule has 6 heteroatoms. The van der Waals surface area contributed by atoms with Crippen molar-refractivity contribution in [1.82, 2.24) is 5.32 Å². The molecule has 94 valence electrons. The standard InChI is InChI=1S/C11H13F3N2O/c1-7(16-10(17)11(12,13)14)5-8-3-2-4-9(15)6-8/h2-4,6-7H,5,15H2,1H3,(H,16,17)/t7-/m1/s1. The number of hydrogen-bond acceptors (Lipinski definition) is 2. The smallest absolute Gasteiger partial charge is 0.399 e. The third-order valence-electron chi connectivity index (χ3n) is 2.13. The molecule has 0 aromatic heterocycles. The van der Waals surface area contributed by atoms with E-state index >= 15 is 0 Å². The van der Waals surface area contributed by atoms with Gasteiger partial charge < -0.3 is 11.1 Å². The average molecular weight is 246 g/mol. The first kappa shape index (κ1) is 13.3. The quantitative estimate of drug-likeness (QED) is 0.800. The number of nitrogens with two attached hydrogens (primary N) is 1. The Labute approximate surface area is 96.8 Å². The largest absolute Gasteiger partial charge is 0.471 e. The molecule has 1 rings (SSSR count). The van der Waals surface area contributed by atoms with E-state index in [2.05, 4.69) is 0 Å². The maximum atomic E-state index is 12.0. The summed E-state index contributed by atoms with van der Waals surface area (Å²) in [6.45, 7) is 1.51. The topological polar surface area (TPSA) is 55.1 Å². The van der Waals surface area contributed by atoms with Gasteiger partial charge in [0.1, 0.15) is 0 Å². The van der Waals surface area contributed by atoms with Crippen molar-refractivity contribution in [3.63, 3.8) is 0 Å². The van der Waals surface area contributed by atoms with Gasteiger partial charge in [-0.25, -0.2) is 0 Å². The number of halogens is 3. The number of carbonyl (C=O) groups is 1. The van der Waals surface area contributed by atoms with Gasteiger partial charge in [-0.1, -0.05) is 12.1 Å². The van der Waals surface area contributed by atoms with Gasteiger partial charge in [0.05, 0.1) is 0 Å². The van der Waals surface area contributed by atoms with Crippen molar-refractivity contribution < 1.29 is 18.0 Å². The van der Waals surface area contributed by atoms with Crippen LogP contribution in [0.4, 0.5) is 18.9 Å². The Morgan fingerprint density at radius 1 is 1.47 bits per heavy atom. The fourth-order valence-corrected chi connectivity index (χ4v) is 1.43. The Hall–Kier alpha value is -1.72. The SMILES string of the molecule is C[C@H](Cc1cccc(N)c1)NC(=O)C(F)(F)F. The molecule has 3 N–H and O–H groups in total. The van der Waals surface area contributed by atoms with Crippen LogP contribution in [0.3, 0.4) is 0 Å². The number of hydrogen-bond donors (Lipinski definition) is 2. The lowest BCUT2D eigenvalue weighted by Crippen LogP contribution is -2.42. The van der Waals surface area contributed by atoms with Crippen LogP contribution in [0.1, 0.15) is 12.5 Å². The zero-order valence-electron chi connectivity index (χ0n) is 9.21. The molecule has 0 aliphatic heterocycles. The second-order valence-corrected chi connectivity index (χ2v) is 3.82. The van der Waals surface area contributed by atoms with Crippen molar-refractivity contribution in [2.75, 3.05) is 5.73 Å². The van der Waals surface area contributed by atoms with Gasteiger partial charge >= 0.3 is 12.1 Å². The number of rotatable bonds is 3. The van der Waals surface area contributed by atoms with Gasteiger partial charge in [-0.15, -0.1) is 0 Å². The van der Waals surface area contributed by atoms with Crippen molar-refractivity contribution in [2.24, 2.45) is 0 Å². The van der Waals surface area contributed by atoms with Gasteiger partial charge in [-0.2, -0.15) is 13.2 Å². The normalized spacial score (nSPS) is 13.2. The first-order chi connectivity index (χ1) is 7.79. The lowest BCUT2D eigenvalue weighted by atomic mass is 10.1. The average Bonchev–Trinajstić information content (AvgIpc) is 2.15. The van der Waals surface area contributed by atoms with Crippen molar-refractivity contribution >= 4 is 11.6 Å². The lowest BCUT2D eigenvalue weighted by Gasteiger charge is -2.15. The van der Waals surface area contributed by atoms with E-state index < -0.39 is 18.1 Å². The summed E-state index contributed by atoms with van der Waals surface area (Å²) >= 11 is 0. The molecular weight excluding hydrogens is 233 g/mol. The van der Waals surface area contributed by atoms with Crippen LogP contribution < -0.4 is 11.1 Å². The number of nitrogens with one attached hydrogen (secondary N) is 1. The molecular formula is C11H13F3N2O. The van der Waals surface area contributed by atoms with Gasteiger partial charge in [0.25, 0.3) is 0 Å². The third-order valence-corrected chi connectivity index (χ3v) is 2.13. The van der Waals surface area contributed by atoms with E-state index in [0.717, 1.165) is 5.56 Å². The van der Waals surface area contributed by atoms with E-state index in [1.807, 2.05) is 5.32 Å². The van der Waals surface area contributed by atoms with Crippen molar-refractivity contribution in [2.45, 2.75) is 25.6 Å². The minimum absolute atomic E-state index is 0.298. The molecule has 0 saturated carbocycles. The number of alkyl halides is 3. The van der Waals surface area contributed by atoms with E-state index in [-0.39, 0.29) is 0 Å². The van der Waals surface area contributed by atoms with E-state index in [1.165, 1.54) is 6.92 Å². The Bertz CT molecular complexity index is 404. The summed E-state index contributed by atoms with van der Waals surface area (Å²) < 4.78 is 35.9. The van der Waals surface area contributed by atoms with Crippen molar-refractivity contribution in [3.8, 4) is 0 Å². The minimum Gasteiger partial charge on any atom is -0.399 e. The van der Waals surface area contributed by atoms with Crippen LogP contribution >= 0.6 is 0 Å². The second kappa shape index (κ2) is 5.07. The Kier molecular flexibility index (Phi) is 3.98. The van der Waals surface area contributed by atoms with Crippen LogP contribution in [0.2, 0.25) is 0 Å². The van der Waals surface area contributed by atoms with Gasteiger partial charge in [0.2, 0.25) is 0 Å². The van der Waals surface area contributed by atoms with E-state index in [4.69, 9.17) is 5.73 Å². The molecule has 0 heterocycles. The van der Waals surface area contributed by atoms with Crippen LogP contribution in [0, 0.1) is 0 Å². The summed E-state index contributed by atoms with van der Waals surface area (Å²) in [5, 5.41) is 1.88. The molecule has 17 heavy (non-hydrogen) atoms. The Morgan fingerprint density at radius 2 is 2.12 bits per heavy atom. The van der Waals surface area contributed by atoms with E-state index in [0.29, 0.717) is 12.1 Å². The summed E-state index contributed by atoms with van der Waals surface area (Å²) in [5.74, 6) is -1.92. The molecule has 0 spiro atoms. The fraction of sp³-hybridized carbons (Fsp3) is 0.364. The number of carbonyl (C=O) groups excluding carboxylic acids is 1. The van der Waals surface area contributed by atoms with E-state index in [1.54, 1.807) is 24.3 Å². The molecule has 1 amide bonds. The fourth-order valence-electron chi connectivity index (χ4n) is 1.43. The summed E-state index contributed by atoms with van der Waals surface area (Å²) in [6.07, 6.45) is -4.54. The maximum absolute atomic E-state index is 12.0. The highest BCUT2D eigenvalue weighted by Gasteiger charge is 2.39. The van der Waals surface area contributed by atoms with Gasteiger partial charge in [0, 0.05) is 11.7 Å². The zero-order chi connectivity index (χ0) is 13.1. The highest BCUT2D eigenvalue weighted by atomic mass is 19.4. The van der Waals surface area contributed by atoms with Crippen molar-refractivity contribution in [1.29, 1.82) is 0 Å². The Morgan fingerprint density at radius 3 is 2.65 bits per heavy atom. The van der Waals surface area contributed by atoms with Crippen LogP contribution in [-0.2, 0) is 11.2 Å². The number of anilines is 1. The molecule has 0 radical (unpaired) electrons. The molecule has 1 atom stereocenters. The highest BCUT2D eigenvalue weighted by Crippen LogP contribution is 2.15. The van der Waals surface area contributed by atoms with Gasteiger partial charge in [-0.3, -0.25) is 4.79 Å². The molecule has 3 nitrogen and oxygen atoms in total. The van der Waals surface area contributed by atoms with Crippen LogP contribution in [0.5, 0.6) is 0 Å². The van der Waals surface area contributed by atoms with Crippen LogP contribution in [0.25, 0.3) is 0 Å². The van der Waals surface area contributed by atoms with Gasteiger partial charge in [0.15, 0.2) is 0 Å². The Balaban J connectivity index is 2.56.